The molecule has 0 bridgehead atoms. The number of methoxy groups -OCH3 is 1. The molecule has 0 fully saturated rings. The van der Waals surface area contributed by atoms with Crippen molar-refractivity contribution >= 4 is 41.5 Å². The number of nitrogens with zero attached hydrogens (tertiary/aromatic N) is 1. The van der Waals surface area contributed by atoms with Gasteiger partial charge in [-0.05, 0) is 19.1 Å². The molecule has 0 aromatic heterocycles. The number of nitrogens with one attached hydrogen (secondary N) is 3. The number of ether oxygens (including phenoxy) is 2. The number of guanidine groups is 1. The van der Waals surface area contributed by atoms with Gasteiger partial charge >= 0.3 is 0 Å². The standard InChI is InChI=1S/C17H28N4O3.HI/c1-6-24-14-8-7-13(11-15(14)23-5)21-17(18-4)20-10-9-19-16(22)12(2)3;/h7-8,11-12H,6,9-10H2,1-5H3,(H,19,22)(H2,18,20,21);1H. The number of carbonyl (C=O) groups excluding carboxylic acids is 1. The summed E-state index contributed by atoms with van der Waals surface area (Å²) >= 11 is 0. The van der Waals surface area contributed by atoms with Gasteiger partial charge in [0.15, 0.2) is 17.5 Å². The minimum absolute atomic E-state index is 0. The summed E-state index contributed by atoms with van der Waals surface area (Å²) in [6.45, 7) is 7.34. The highest BCUT2D eigenvalue weighted by atomic mass is 127. The number of amides is 1. The quantitative estimate of drug-likeness (QED) is 0.238. The Hall–Kier alpha value is -1.71. The second-order valence-electron chi connectivity index (χ2n) is 5.37. The maximum absolute atomic E-state index is 11.5. The highest BCUT2D eigenvalue weighted by Crippen LogP contribution is 2.30. The molecule has 0 radical (unpaired) electrons. The van der Waals surface area contributed by atoms with Gasteiger partial charge in [0.1, 0.15) is 0 Å². The molecule has 0 unspecified atom stereocenters. The molecule has 25 heavy (non-hydrogen) atoms. The second kappa shape index (κ2) is 12.6. The molecular formula is C17H29IN4O3. The van der Waals surface area contributed by atoms with E-state index in [-0.39, 0.29) is 35.8 Å². The first-order valence-electron chi connectivity index (χ1n) is 8.08. The third-order valence-corrected chi connectivity index (χ3v) is 3.19. The van der Waals surface area contributed by atoms with Crippen molar-refractivity contribution in [2.75, 3.05) is 39.2 Å². The van der Waals surface area contributed by atoms with Gasteiger partial charge in [0.2, 0.25) is 5.91 Å². The third-order valence-electron chi connectivity index (χ3n) is 3.19. The number of anilines is 1. The van der Waals surface area contributed by atoms with Gasteiger partial charge in [0, 0.05) is 37.8 Å². The minimum atomic E-state index is -0.0150. The molecule has 0 spiro atoms. The normalized spacial score (nSPS) is 10.7. The Morgan fingerprint density at radius 1 is 1.20 bits per heavy atom. The Labute approximate surface area is 167 Å². The minimum Gasteiger partial charge on any atom is -0.493 e. The van der Waals surface area contributed by atoms with Crippen molar-refractivity contribution in [2.24, 2.45) is 10.9 Å². The third kappa shape index (κ3) is 8.28. The summed E-state index contributed by atoms with van der Waals surface area (Å²) in [5, 5.41) is 9.16. The maximum Gasteiger partial charge on any atom is 0.222 e. The molecule has 1 aromatic rings. The zero-order chi connectivity index (χ0) is 17.9. The summed E-state index contributed by atoms with van der Waals surface area (Å²) in [5.41, 5.74) is 0.828. The first kappa shape index (κ1) is 23.3. The van der Waals surface area contributed by atoms with E-state index in [1.54, 1.807) is 14.2 Å². The summed E-state index contributed by atoms with van der Waals surface area (Å²) < 4.78 is 10.8. The van der Waals surface area contributed by atoms with Gasteiger partial charge in [0.25, 0.3) is 0 Å². The van der Waals surface area contributed by atoms with Crippen molar-refractivity contribution < 1.29 is 14.3 Å². The maximum atomic E-state index is 11.5. The number of hydrogen-bond donors (Lipinski definition) is 3. The zero-order valence-corrected chi connectivity index (χ0v) is 17.8. The Kier molecular flexibility index (Phi) is 11.8. The number of aliphatic imine (C=N–C) groups is 1. The fourth-order valence-corrected chi connectivity index (χ4v) is 1.91. The van der Waals surface area contributed by atoms with Crippen LogP contribution in [0.5, 0.6) is 11.5 Å². The predicted octanol–water partition coefficient (Wildman–Crippen LogP) is 2.47. The molecule has 8 heteroatoms. The lowest BCUT2D eigenvalue weighted by Gasteiger charge is -2.15. The van der Waals surface area contributed by atoms with Crippen LogP contribution in [0, 0.1) is 5.92 Å². The summed E-state index contributed by atoms with van der Waals surface area (Å²) in [4.78, 5) is 15.7. The molecule has 0 aliphatic heterocycles. The van der Waals surface area contributed by atoms with E-state index in [1.807, 2.05) is 39.0 Å². The van der Waals surface area contributed by atoms with Crippen LogP contribution in [0.4, 0.5) is 5.69 Å². The van der Waals surface area contributed by atoms with Gasteiger partial charge in [-0.2, -0.15) is 0 Å². The summed E-state index contributed by atoms with van der Waals surface area (Å²) in [6, 6.07) is 5.58. The van der Waals surface area contributed by atoms with E-state index in [0.29, 0.717) is 37.2 Å². The smallest absolute Gasteiger partial charge is 0.222 e. The molecule has 0 saturated carbocycles. The first-order valence-corrected chi connectivity index (χ1v) is 8.08. The fraction of sp³-hybridized carbons (Fsp3) is 0.529. The number of carbonyl (C=O) groups is 1. The van der Waals surface area contributed by atoms with Crippen molar-refractivity contribution in [3.63, 3.8) is 0 Å². The molecule has 0 atom stereocenters. The Bertz CT molecular complexity index is 565. The summed E-state index contributed by atoms with van der Waals surface area (Å²) in [6.07, 6.45) is 0. The molecule has 0 heterocycles. The van der Waals surface area contributed by atoms with Crippen LogP contribution in [0.25, 0.3) is 0 Å². The number of benzene rings is 1. The predicted molar refractivity (Wildman–Crippen MR) is 112 cm³/mol. The largest absolute Gasteiger partial charge is 0.493 e. The Morgan fingerprint density at radius 2 is 1.88 bits per heavy atom. The van der Waals surface area contributed by atoms with Crippen LogP contribution >= 0.6 is 24.0 Å². The van der Waals surface area contributed by atoms with Crippen molar-refractivity contribution in [2.45, 2.75) is 20.8 Å². The number of hydrogen-bond acceptors (Lipinski definition) is 4. The molecule has 1 aromatic carbocycles. The van der Waals surface area contributed by atoms with Crippen LogP contribution in [0.1, 0.15) is 20.8 Å². The van der Waals surface area contributed by atoms with Crippen molar-refractivity contribution in [1.82, 2.24) is 10.6 Å². The fourth-order valence-electron chi connectivity index (χ4n) is 1.91. The van der Waals surface area contributed by atoms with Gasteiger partial charge in [-0.3, -0.25) is 9.79 Å². The molecule has 1 rings (SSSR count). The van der Waals surface area contributed by atoms with Gasteiger partial charge in [-0.15, -0.1) is 24.0 Å². The summed E-state index contributed by atoms with van der Waals surface area (Å²) in [7, 11) is 3.29. The van der Waals surface area contributed by atoms with Crippen molar-refractivity contribution in [3.05, 3.63) is 18.2 Å². The lowest BCUT2D eigenvalue weighted by atomic mass is 10.2. The number of halogens is 1. The molecule has 7 nitrogen and oxygen atoms in total. The van der Waals surface area contributed by atoms with E-state index in [4.69, 9.17) is 9.47 Å². The number of rotatable bonds is 8. The molecule has 0 aliphatic carbocycles. The van der Waals surface area contributed by atoms with E-state index in [0.717, 1.165) is 5.69 Å². The molecule has 0 saturated heterocycles. The Balaban J connectivity index is 0.00000576. The van der Waals surface area contributed by atoms with E-state index in [1.165, 1.54) is 0 Å². The average Bonchev–Trinajstić information content (AvgIpc) is 2.58. The molecule has 3 N–H and O–H groups in total. The van der Waals surface area contributed by atoms with Crippen molar-refractivity contribution in [1.29, 1.82) is 0 Å². The van der Waals surface area contributed by atoms with Crippen LogP contribution in [-0.4, -0.2) is 45.7 Å². The molecule has 142 valence electrons. The average molecular weight is 464 g/mol. The van der Waals surface area contributed by atoms with Gasteiger partial charge in [0.05, 0.1) is 13.7 Å². The van der Waals surface area contributed by atoms with Crippen LogP contribution < -0.4 is 25.4 Å². The van der Waals surface area contributed by atoms with Gasteiger partial charge in [-0.25, -0.2) is 0 Å². The van der Waals surface area contributed by atoms with Crippen LogP contribution in [-0.2, 0) is 4.79 Å². The van der Waals surface area contributed by atoms with E-state index >= 15 is 0 Å². The molecule has 0 aliphatic rings. The van der Waals surface area contributed by atoms with E-state index < -0.39 is 0 Å². The van der Waals surface area contributed by atoms with Crippen molar-refractivity contribution in [3.8, 4) is 11.5 Å². The molecule has 1 amide bonds. The highest BCUT2D eigenvalue weighted by molar-refractivity contribution is 14.0. The van der Waals surface area contributed by atoms with E-state index in [9.17, 15) is 4.79 Å². The monoisotopic (exact) mass is 464 g/mol. The highest BCUT2D eigenvalue weighted by Gasteiger charge is 2.08. The SMILES string of the molecule is CCOc1ccc(NC(=NC)NCCNC(=O)C(C)C)cc1OC.I. The van der Waals surface area contributed by atoms with Gasteiger partial charge < -0.3 is 25.4 Å². The van der Waals surface area contributed by atoms with Crippen LogP contribution in [0.2, 0.25) is 0 Å². The van der Waals surface area contributed by atoms with E-state index in [2.05, 4.69) is 20.9 Å². The molecular weight excluding hydrogens is 435 g/mol. The Morgan fingerprint density at radius 3 is 2.44 bits per heavy atom. The van der Waals surface area contributed by atoms with Gasteiger partial charge in [-0.1, -0.05) is 13.8 Å². The lowest BCUT2D eigenvalue weighted by Crippen LogP contribution is -2.38. The first-order chi connectivity index (χ1) is 11.5. The van der Waals surface area contributed by atoms with Crippen LogP contribution in [0.3, 0.4) is 0 Å². The zero-order valence-electron chi connectivity index (χ0n) is 15.5. The second-order valence-corrected chi connectivity index (χ2v) is 5.37. The van der Waals surface area contributed by atoms with Crippen LogP contribution in [0.15, 0.2) is 23.2 Å². The summed E-state index contributed by atoms with van der Waals surface area (Å²) in [5.74, 6) is 1.99. The topological polar surface area (TPSA) is 84.0 Å². The lowest BCUT2D eigenvalue weighted by molar-refractivity contribution is -0.123.